The molecule has 2 rings (SSSR count). The number of thiophene rings is 1. The summed E-state index contributed by atoms with van der Waals surface area (Å²) >= 11 is 1.62. The Morgan fingerprint density at radius 2 is 2.22 bits per heavy atom. The van der Waals surface area contributed by atoms with E-state index < -0.39 is 5.97 Å². The van der Waals surface area contributed by atoms with Crippen LogP contribution >= 0.6 is 11.3 Å². The zero-order valence-electron chi connectivity index (χ0n) is 10.3. The first kappa shape index (κ1) is 12.8. The Labute approximate surface area is 108 Å². The van der Waals surface area contributed by atoms with Gasteiger partial charge >= 0.3 is 5.97 Å². The number of aryl methyl sites for hydroxylation is 3. The zero-order valence-corrected chi connectivity index (χ0v) is 11.1. The first-order valence-corrected chi connectivity index (χ1v) is 6.49. The normalized spacial score (nSPS) is 10.8. The molecule has 18 heavy (non-hydrogen) atoms. The van der Waals surface area contributed by atoms with E-state index in [0.717, 1.165) is 4.88 Å². The molecule has 6 heteroatoms. The molecule has 0 unspecified atom stereocenters. The van der Waals surface area contributed by atoms with Crippen molar-refractivity contribution in [2.24, 2.45) is 0 Å². The van der Waals surface area contributed by atoms with Crippen LogP contribution in [0.5, 0.6) is 0 Å². The number of carboxylic acid groups (broad SMARTS) is 1. The molecule has 0 aromatic carbocycles. The van der Waals surface area contributed by atoms with Gasteiger partial charge in [-0.3, -0.25) is 4.79 Å². The van der Waals surface area contributed by atoms with Crippen LogP contribution in [0.25, 0.3) is 10.8 Å². The van der Waals surface area contributed by atoms with E-state index in [2.05, 4.69) is 10.2 Å². The molecule has 2 heterocycles. The van der Waals surface area contributed by atoms with E-state index in [1.54, 1.807) is 11.3 Å². The Bertz CT molecular complexity index is 540. The predicted molar refractivity (Wildman–Crippen MR) is 67.7 cm³/mol. The Hall–Kier alpha value is -1.69. The zero-order chi connectivity index (χ0) is 13.1. The second-order valence-corrected chi connectivity index (χ2v) is 5.35. The summed E-state index contributed by atoms with van der Waals surface area (Å²) in [4.78, 5) is 12.6. The van der Waals surface area contributed by atoms with Crippen LogP contribution in [0.3, 0.4) is 0 Å². The molecule has 0 aliphatic heterocycles. The van der Waals surface area contributed by atoms with Gasteiger partial charge in [0.2, 0.25) is 5.89 Å². The van der Waals surface area contributed by atoms with Crippen LogP contribution in [0.1, 0.15) is 29.2 Å². The molecule has 2 aromatic rings. The first-order chi connectivity index (χ1) is 8.56. The Morgan fingerprint density at radius 3 is 2.83 bits per heavy atom. The summed E-state index contributed by atoms with van der Waals surface area (Å²) in [5.41, 5.74) is 1.21. The van der Waals surface area contributed by atoms with E-state index in [1.165, 1.54) is 10.4 Å². The number of rotatable bonds is 5. The van der Waals surface area contributed by atoms with Crippen LogP contribution in [-0.4, -0.2) is 21.3 Å². The molecule has 0 amide bonds. The van der Waals surface area contributed by atoms with Crippen LogP contribution in [0.2, 0.25) is 0 Å². The second-order valence-electron chi connectivity index (χ2n) is 4.10. The van der Waals surface area contributed by atoms with Crippen LogP contribution in [0.15, 0.2) is 10.5 Å². The summed E-state index contributed by atoms with van der Waals surface area (Å²) in [7, 11) is 0. The van der Waals surface area contributed by atoms with E-state index in [4.69, 9.17) is 9.52 Å². The van der Waals surface area contributed by atoms with E-state index >= 15 is 0 Å². The highest BCUT2D eigenvalue weighted by Gasteiger charge is 2.12. The van der Waals surface area contributed by atoms with Gasteiger partial charge in [-0.15, -0.1) is 21.5 Å². The topological polar surface area (TPSA) is 76.2 Å². The van der Waals surface area contributed by atoms with Gasteiger partial charge in [-0.25, -0.2) is 0 Å². The Morgan fingerprint density at radius 1 is 1.44 bits per heavy atom. The van der Waals surface area contributed by atoms with Crippen molar-refractivity contribution in [3.63, 3.8) is 0 Å². The number of aliphatic carboxylic acids is 1. The van der Waals surface area contributed by atoms with Crippen molar-refractivity contribution in [3.05, 3.63) is 22.4 Å². The molecule has 2 aromatic heterocycles. The maximum absolute atomic E-state index is 10.4. The molecule has 0 aliphatic rings. The monoisotopic (exact) mass is 266 g/mol. The number of aromatic nitrogens is 2. The van der Waals surface area contributed by atoms with Gasteiger partial charge in [0.15, 0.2) is 0 Å². The van der Waals surface area contributed by atoms with Crippen LogP contribution in [0.4, 0.5) is 0 Å². The molecule has 0 saturated carbocycles. The summed E-state index contributed by atoms with van der Waals surface area (Å²) in [6, 6.07) is 2.02. The van der Waals surface area contributed by atoms with E-state index in [0.29, 0.717) is 24.6 Å². The minimum atomic E-state index is -0.806. The van der Waals surface area contributed by atoms with Gasteiger partial charge in [-0.05, 0) is 31.9 Å². The van der Waals surface area contributed by atoms with Crippen molar-refractivity contribution in [3.8, 4) is 10.8 Å². The second kappa shape index (κ2) is 5.30. The van der Waals surface area contributed by atoms with Gasteiger partial charge in [-0.1, -0.05) is 0 Å². The molecule has 0 aliphatic carbocycles. The van der Waals surface area contributed by atoms with Crippen molar-refractivity contribution in [2.75, 3.05) is 0 Å². The molecular weight excluding hydrogens is 252 g/mol. The fourth-order valence-corrected chi connectivity index (χ4v) is 2.48. The van der Waals surface area contributed by atoms with Crippen LogP contribution < -0.4 is 0 Å². The summed E-state index contributed by atoms with van der Waals surface area (Å²) in [5.74, 6) is 0.204. The van der Waals surface area contributed by atoms with Gasteiger partial charge in [0.1, 0.15) is 0 Å². The van der Waals surface area contributed by atoms with Gasteiger partial charge < -0.3 is 9.52 Å². The van der Waals surface area contributed by atoms with Gasteiger partial charge in [-0.2, -0.15) is 0 Å². The average molecular weight is 266 g/mol. The minimum Gasteiger partial charge on any atom is -0.481 e. The highest BCUT2D eigenvalue weighted by atomic mass is 32.1. The number of hydrogen-bond acceptors (Lipinski definition) is 5. The van der Waals surface area contributed by atoms with Crippen molar-refractivity contribution in [1.29, 1.82) is 0 Å². The number of nitrogens with zero attached hydrogens (tertiary/aromatic N) is 2. The third kappa shape index (κ3) is 2.95. The maximum atomic E-state index is 10.4. The average Bonchev–Trinajstić information content (AvgIpc) is 2.87. The summed E-state index contributed by atoms with van der Waals surface area (Å²) in [6.07, 6.45) is 1.14. The summed E-state index contributed by atoms with van der Waals surface area (Å²) in [5, 5.41) is 16.5. The standard InChI is InChI=1S/C12H14N2O3S/c1-7-6-9(18-8(7)2)12-14-13-10(17-12)4-3-5-11(15)16/h6H,3-5H2,1-2H3,(H,15,16). The van der Waals surface area contributed by atoms with Crippen molar-refractivity contribution < 1.29 is 14.3 Å². The van der Waals surface area contributed by atoms with Gasteiger partial charge in [0.25, 0.3) is 5.89 Å². The van der Waals surface area contributed by atoms with E-state index in [9.17, 15) is 4.79 Å². The smallest absolute Gasteiger partial charge is 0.303 e. The lowest BCUT2D eigenvalue weighted by atomic mass is 10.2. The van der Waals surface area contributed by atoms with E-state index in [-0.39, 0.29) is 6.42 Å². The lowest BCUT2D eigenvalue weighted by Crippen LogP contribution is -1.95. The minimum absolute atomic E-state index is 0.120. The molecule has 1 N–H and O–H groups in total. The molecule has 0 bridgehead atoms. The Balaban J connectivity index is 2.03. The lowest BCUT2D eigenvalue weighted by molar-refractivity contribution is -0.137. The molecule has 0 radical (unpaired) electrons. The lowest BCUT2D eigenvalue weighted by Gasteiger charge is -1.91. The fraction of sp³-hybridized carbons (Fsp3) is 0.417. The predicted octanol–water partition coefficient (Wildman–Crippen LogP) is 2.82. The van der Waals surface area contributed by atoms with E-state index in [1.807, 2.05) is 19.9 Å². The SMILES string of the molecule is Cc1cc(-c2nnc(CCCC(=O)O)o2)sc1C. The van der Waals surface area contributed by atoms with Crippen LogP contribution in [-0.2, 0) is 11.2 Å². The number of hydrogen-bond donors (Lipinski definition) is 1. The molecule has 0 fully saturated rings. The molecule has 0 atom stereocenters. The highest BCUT2D eigenvalue weighted by molar-refractivity contribution is 7.15. The van der Waals surface area contributed by atoms with Crippen LogP contribution in [0, 0.1) is 13.8 Å². The fourth-order valence-electron chi connectivity index (χ4n) is 1.52. The van der Waals surface area contributed by atoms with Gasteiger partial charge in [0, 0.05) is 17.7 Å². The molecule has 5 nitrogen and oxygen atoms in total. The molecular formula is C12H14N2O3S. The maximum Gasteiger partial charge on any atom is 0.303 e. The molecule has 96 valence electrons. The summed E-state index contributed by atoms with van der Waals surface area (Å²) < 4.78 is 5.52. The van der Waals surface area contributed by atoms with Crippen molar-refractivity contribution >= 4 is 17.3 Å². The first-order valence-electron chi connectivity index (χ1n) is 5.68. The van der Waals surface area contributed by atoms with Crippen molar-refractivity contribution in [2.45, 2.75) is 33.1 Å². The summed E-state index contributed by atoms with van der Waals surface area (Å²) in [6.45, 7) is 4.09. The molecule has 0 saturated heterocycles. The Kier molecular flexibility index (Phi) is 3.76. The number of carboxylic acids is 1. The largest absolute Gasteiger partial charge is 0.481 e. The highest BCUT2D eigenvalue weighted by Crippen LogP contribution is 2.29. The third-order valence-electron chi connectivity index (χ3n) is 2.62. The quantitative estimate of drug-likeness (QED) is 0.900. The third-order valence-corrected chi connectivity index (χ3v) is 3.77. The number of carbonyl (C=O) groups is 1. The van der Waals surface area contributed by atoms with Gasteiger partial charge in [0.05, 0.1) is 4.88 Å². The molecule has 0 spiro atoms. The van der Waals surface area contributed by atoms with Crippen molar-refractivity contribution in [1.82, 2.24) is 10.2 Å².